The number of carbonyl (C=O) groups excluding carboxylic acids is 1. The van der Waals surface area contributed by atoms with Crippen molar-refractivity contribution in [3.05, 3.63) is 93.9 Å². The van der Waals surface area contributed by atoms with Crippen LogP contribution in [0.25, 0.3) is 10.8 Å². The lowest BCUT2D eigenvalue weighted by molar-refractivity contribution is 0.0787. The maximum atomic E-state index is 14.6. The molecule has 8 nitrogen and oxygen atoms in total. The summed E-state index contributed by atoms with van der Waals surface area (Å²) in [5, 5.41) is 11.2. The highest BCUT2D eigenvalue weighted by molar-refractivity contribution is 5.95. The summed E-state index contributed by atoms with van der Waals surface area (Å²) < 4.78 is 14.6. The molecule has 3 heterocycles. The van der Waals surface area contributed by atoms with Crippen LogP contribution in [0, 0.1) is 5.82 Å². The fourth-order valence-electron chi connectivity index (χ4n) is 4.13. The number of hydrogen-bond donors (Lipinski definition) is 2. The van der Waals surface area contributed by atoms with Crippen molar-refractivity contribution in [2.45, 2.75) is 18.9 Å². The summed E-state index contributed by atoms with van der Waals surface area (Å²) in [7, 11) is 0. The molecule has 1 saturated heterocycles. The summed E-state index contributed by atoms with van der Waals surface area (Å²) in [5.41, 5.74) is 1.15. The van der Waals surface area contributed by atoms with Gasteiger partial charge >= 0.3 is 0 Å². The second kappa shape index (κ2) is 8.78. The molecule has 2 aromatic heterocycles. The number of H-pyrrole nitrogens is 1. The molecule has 0 saturated carbocycles. The van der Waals surface area contributed by atoms with E-state index < -0.39 is 5.82 Å². The number of halogens is 1. The number of benzene rings is 2. The third-order valence-corrected chi connectivity index (χ3v) is 5.78. The lowest BCUT2D eigenvalue weighted by Crippen LogP contribution is -2.32. The maximum Gasteiger partial charge on any atom is 0.272 e. The Bertz CT molecular complexity index is 1370. The highest BCUT2D eigenvalue weighted by Gasteiger charge is 2.29. The third-order valence-electron chi connectivity index (χ3n) is 5.78. The number of fused-ring (bicyclic) bond motifs is 1. The number of nitrogens with zero attached hydrogens (tertiary/aromatic N) is 4. The van der Waals surface area contributed by atoms with Crippen LogP contribution in [-0.2, 0) is 6.42 Å². The molecule has 1 fully saturated rings. The zero-order valence-electron chi connectivity index (χ0n) is 17.7. The van der Waals surface area contributed by atoms with Crippen LogP contribution < -0.4 is 10.9 Å². The van der Waals surface area contributed by atoms with Crippen LogP contribution in [0.2, 0.25) is 0 Å². The Kier molecular flexibility index (Phi) is 5.52. The van der Waals surface area contributed by atoms with Gasteiger partial charge in [-0.3, -0.25) is 9.59 Å². The van der Waals surface area contributed by atoms with Gasteiger partial charge < -0.3 is 10.2 Å². The van der Waals surface area contributed by atoms with E-state index in [1.54, 1.807) is 47.6 Å². The van der Waals surface area contributed by atoms with E-state index in [9.17, 15) is 14.0 Å². The predicted octanol–water partition coefficient (Wildman–Crippen LogP) is 2.77. The fourth-order valence-corrected chi connectivity index (χ4v) is 4.13. The number of rotatable bonds is 5. The van der Waals surface area contributed by atoms with Crippen molar-refractivity contribution in [1.82, 2.24) is 25.1 Å². The molecule has 2 N–H and O–H groups in total. The van der Waals surface area contributed by atoms with Crippen LogP contribution in [0.5, 0.6) is 0 Å². The van der Waals surface area contributed by atoms with E-state index in [4.69, 9.17) is 0 Å². The first-order valence-electron chi connectivity index (χ1n) is 10.7. The highest BCUT2D eigenvalue weighted by atomic mass is 19.1. The molecule has 9 heteroatoms. The van der Waals surface area contributed by atoms with Gasteiger partial charge in [0.25, 0.3) is 11.5 Å². The molecule has 0 aliphatic carbocycles. The number of carbonyl (C=O) groups is 1. The first-order chi connectivity index (χ1) is 16.1. The molecule has 33 heavy (non-hydrogen) atoms. The minimum atomic E-state index is -0.564. The molecule has 0 spiro atoms. The Morgan fingerprint density at radius 3 is 2.73 bits per heavy atom. The van der Waals surface area contributed by atoms with Crippen molar-refractivity contribution in [2.24, 2.45) is 0 Å². The minimum absolute atomic E-state index is 0.000647. The van der Waals surface area contributed by atoms with E-state index in [2.05, 4.69) is 25.5 Å². The molecule has 0 radical (unpaired) electrons. The van der Waals surface area contributed by atoms with Gasteiger partial charge in [0, 0.05) is 43.3 Å². The number of anilines is 1. The zero-order chi connectivity index (χ0) is 22.8. The van der Waals surface area contributed by atoms with Gasteiger partial charge in [-0.15, -0.1) is 0 Å². The van der Waals surface area contributed by atoms with E-state index in [-0.39, 0.29) is 23.1 Å². The highest BCUT2D eigenvalue weighted by Crippen LogP contribution is 2.21. The second-order valence-corrected chi connectivity index (χ2v) is 7.99. The van der Waals surface area contributed by atoms with Gasteiger partial charge in [0.05, 0.1) is 16.6 Å². The molecule has 0 bridgehead atoms. The first kappa shape index (κ1) is 20.7. The van der Waals surface area contributed by atoms with Gasteiger partial charge in [-0.1, -0.05) is 24.3 Å². The summed E-state index contributed by atoms with van der Waals surface area (Å²) >= 11 is 0. The van der Waals surface area contributed by atoms with E-state index in [1.165, 1.54) is 6.07 Å². The lowest BCUT2D eigenvalue weighted by atomic mass is 10.0. The van der Waals surface area contributed by atoms with Crippen LogP contribution in [0.3, 0.4) is 0 Å². The van der Waals surface area contributed by atoms with Gasteiger partial charge in [-0.25, -0.2) is 19.5 Å². The van der Waals surface area contributed by atoms with Crippen LogP contribution in [0.15, 0.2) is 65.7 Å². The predicted molar refractivity (Wildman–Crippen MR) is 122 cm³/mol. The number of hydrogen-bond acceptors (Lipinski definition) is 6. The van der Waals surface area contributed by atoms with Crippen molar-refractivity contribution in [3.8, 4) is 0 Å². The van der Waals surface area contributed by atoms with E-state index in [0.29, 0.717) is 36.5 Å². The van der Waals surface area contributed by atoms with Gasteiger partial charge in [0.1, 0.15) is 5.82 Å². The Balaban J connectivity index is 1.35. The Hall–Kier alpha value is -4.14. The molecule has 4 aromatic rings. The number of amides is 1. The summed E-state index contributed by atoms with van der Waals surface area (Å²) in [4.78, 5) is 35.1. The number of aromatic nitrogens is 4. The monoisotopic (exact) mass is 444 g/mol. The fraction of sp³-hybridized carbons (Fsp3) is 0.208. The number of aromatic amines is 1. The smallest absolute Gasteiger partial charge is 0.272 e. The molecule has 1 aliphatic rings. The van der Waals surface area contributed by atoms with Gasteiger partial charge in [-0.05, 0) is 36.2 Å². The molecular weight excluding hydrogens is 423 g/mol. The zero-order valence-corrected chi connectivity index (χ0v) is 17.7. The summed E-state index contributed by atoms with van der Waals surface area (Å²) in [6.07, 6.45) is 4.37. The average Bonchev–Trinajstić information content (AvgIpc) is 3.31. The first-order valence-corrected chi connectivity index (χ1v) is 10.7. The van der Waals surface area contributed by atoms with E-state index >= 15 is 0 Å². The van der Waals surface area contributed by atoms with Gasteiger partial charge in [-0.2, -0.15) is 5.10 Å². The topological polar surface area (TPSA) is 104 Å². The quantitative estimate of drug-likeness (QED) is 0.491. The van der Waals surface area contributed by atoms with Crippen LogP contribution >= 0.6 is 0 Å². The van der Waals surface area contributed by atoms with Crippen LogP contribution in [-0.4, -0.2) is 50.1 Å². The molecule has 1 aliphatic heterocycles. The largest absolute Gasteiger partial charge is 0.350 e. The van der Waals surface area contributed by atoms with Crippen LogP contribution in [0.1, 0.15) is 28.0 Å². The minimum Gasteiger partial charge on any atom is -0.350 e. The third kappa shape index (κ3) is 4.30. The number of likely N-dealkylation sites (tertiary alicyclic amines) is 1. The van der Waals surface area contributed by atoms with Gasteiger partial charge in [0.15, 0.2) is 0 Å². The standard InChI is InChI=1S/C24H21FN6O2/c25-20-7-6-15(13-21-17-4-1-2-5-18(17)22(32)30-29-21)12-19(20)23(33)31-11-8-16(14-31)28-24-26-9-3-10-27-24/h1-7,9-10,12,16H,8,11,13-14H2,(H,30,32)(H,26,27,28)/t16-/m1/s1. The number of nitrogens with one attached hydrogen (secondary N) is 2. The Morgan fingerprint density at radius 1 is 1.12 bits per heavy atom. The molecule has 1 atom stereocenters. The molecule has 1 amide bonds. The SMILES string of the molecule is O=C(c1cc(Cc2n[nH]c(=O)c3ccccc23)ccc1F)N1CC[C@@H](Nc2ncccn2)C1. The second-order valence-electron chi connectivity index (χ2n) is 7.99. The molecular formula is C24H21FN6O2. The summed E-state index contributed by atoms with van der Waals surface area (Å²) in [6.45, 7) is 0.950. The molecule has 5 rings (SSSR count). The van der Waals surface area contributed by atoms with Crippen molar-refractivity contribution >= 4 is 22.6 Å². The molecule has 2 aromatic carbocycles. The summed E-state index contributed by atoms with van der Waals surface area (Å²) in [5.74, 6) is -0.414. The van der Waals surface area contributed by atoms with E-state index in [0.717, 1.165) is 17.4 Å². The van der Waals surface area contributed by atoms with Crippen molar-refractivity contribution in [2.75, 3.05) is 18.4 Å². The van der Waals surface area contributed by atoms with Crippen molar-refractivity contribution in [1.29, 1.82) is 0 Å². The Morgan fingerprint density at radius 2 is 1.91 bits per heavy atom. The molecule has 166 valence electrons. The lowest BCUT2D eigenvalue weighted by Gasteiger charge is -2.18. The van der Waals surface area contributed by atoms with Gasteiger partial charge in [0.2, 0.25) is 5.95 Å². The normalized spacial score (nSPS) is 15.7. The average molecular weight is 444 g/mol. The van der Waals surface area contributed by atoms with Crippen molar-refractivity contribution < 1.29 is 9.18 Å². The molecule has 0 unspecified atom stereocenters. The Labute approximate surface area is 188 Å². The summed E-state index contributed by atoms with van der Waals surface area (Å²) in [6, 6.07) is 13.4. The van der Waals surface area contributed by atoms with Crippen LogP contribution in [0.4, 0.5) is 10.3 Å². The van der Waals surface area contributed by atoms with E-state index in [1.807, 2.05) is 12.1 Å². The maximum absolute atomic E-state index is 14.6. The van der Waals surface area contributed by atoms with Crippen molar-refractivity contribution in [3.63, 3.8) is 0 Å².